The third kappa shape index (κ3) is 3.14. The average molecular weight is 296 g/mol. The van der Waals surface area contributed by atoms with Crippen molar-refractivity contribution >= 4 is 26.8 Å². The van der Waals surface area contributed by atoms with Gasteiger partial charge in [-0.2, -0.15) is 5.10 Å². The fraction of sp³-hybridized carbons (Fsp3) is 0.333. The molecule has 0 aliphatic heterocycles. The van der Waals surface area contributed by atoms with Crippen LogP contribution in [0.3, 0.4) is 0 Å². The second-order valence-corrected chi connectivity index (χ2v) is 6.83. The molecular formula is C12H16N4O3S. The van der Waals surface area contributed by atoms with Gasteiger partial charge < -0.3 is 5.32 Å². The van der Waals surface area contributed by atoms with E-state index < -0.39 is 10.0 Å². The number of fused-ring (bicyclic) bond motifs is 1. The van der Waals surface area contributed by atoms with Crippen LogP contribution in [0.5, 0.6) is 0 Å². The normalized spacial score (nSPS) is 11.9. The molecule has 0 radical (unpaired) electrons. The van der Waals surface area contributed by atoms with Crippen molar-refractivity contribution in [2.45, 2.75) is 0 Å². The maximum absolute atomic E-state index is 11.9. The van der Waals surface area contributed by atoms with Crippen LogP contribution in [0.15, 0.2) is 24.4 Å². The summed E-state index contributed by atoms with van der Waals surface area (Å²) in [5, 5.41) is 10.2. The molecule has 0 saturated heterocycles. The highest BCUT2D eigenvalue weighted by Gasteiger charge is 2.14. The molecule has 0 saturated carbocycles. The SMILES string of the molecule is CN(C)S(=O)(=O)CCNC(=O)c1ccc2cn[nH]c2c1. The Hall–Kier alpha value is -1.93. The minimum atomic E-state index is -3.30. The minimum Gasteiger partial charge on any atom is -0.351 e. The molecule has 0 aliphatic carbocycles. The number of amides is 1. The molecule has 0 bridgehead atoms. The van der Waals surface area contributed by atoms with E-state index in [9.17, 15) is 13.2 Å². The van der Waals surface area contributed by atoms with Gasteiger partial charge >= 0.3 is 0 Å². The number of hydrogen-bond acceptors (Lipinski definition) is 4. The molecule has 20 heavy (non-hydrogen) atoms. The first-order chi connectivity index (χ1) is 9.40. The Balaban J connectivity index is 1.98. The van der Waals surface area contributed by atoms with Crippen LogP contribution in [-0.2, 0) is 10.0 Å². The summed E-state index contributed by atoms with van der Waals surface area (Å²) in [7, 11) is -0.376. The molecule has 2 aromatic rings. The van der Waals surface area contributed by atoms with Gasteiger partial charge in [0.1, 0.15) is 0 Å². The van der Waals surface area contributed by atoms with Crippen molar-refractivity contribution in [3.8, 4) is 0 Å². The maximum atomic E-state index is 11.9. The molecule has 2 N–H and O–H groups in total. The predicted molar refractivity (Wildman–Crippen MR) is 75.9 cm³/mol. The van der Waals surface area contributed by atoms with E-state index in [1.54, 1.807) is 24.4 Å². The number of aromatic amines is 1. The average Bonchev–Trinajstić information content (AvgIpc) is 2.85. The summed E-state index contributed by atoms with van der Waals surface area (Å²) in [6.07, 6.45) is 1.67. The fourth-order valence-electron chi connectivity index (χ4n) is 1.66. The van der Waals surface area contributed by atoms with Crippen molar-refractivity contribution in [1.82, 2.24) is 19.8 Å². The quantitative estimate of drug-likeness (QED) is 0.823. The van der Waals surface area contributed by atoms with Crippen LogP contribution in [0.1, 0.15) is 10.4 Å². The van der Waals surface area contributed by atoms with Crippen LogP contribution in [0, 0.1) is 0 Å². The zero-order valence-electron chi connectivity index (χ0n) is 11.3. The second kappa shape index (κ2) is 5.59. The Bertz CT molecular complexity index is 721. The lowest BCUT2D eigenvalue weighted by atomic mass is 10.1. The van der Waals surface area contributed by atoms with Gasteiger partial charge in [-0.3, -0.25) is 9.89 Å². The van der Waals surface area contributed by atoms with Crippen molar-refractivity contribution in [3.63, 3.8) is 0 Å². The summed E-state index contributed by atoms with van der Waals surface area (Å²) in [5.74, 6) is -0.437. The standard InChI is InChI=1S/C12H16N4O3S/c1-16(2)20(18,19)6-5-13-12(17)9-3-4-10-8-14-15-11(10)7-9/h3-4,7-8H,5-6H2,1-2H3,(H,13,17)(H,14,15). The third-order valence-electron chi connectivity index (χ3n) is 2.91. The number of hydrogen-bond donors (Lipinski definition) is 2. The van der Waals surface area contributed by atoms with Crippen molar-refractivity contribution in [3.05, 3.63) is 30.0 Å². The fourth-order valence-corrected chi connectivity index (χ4v) is 2.38. The first-order valence-corrected chi connectivity index (χ1v) is 7.62. The molecule has 2 rings (SSSR count). The van der Waals surface area contributed by atoms with E-state index in [2.05, 4.69) is 15.5 Å². The summed E-state index contributed by atoms with van der Waals surface area (Å²) < 4.78 is 24.2. The van der Waals surface area contributed by atoms with Crippen molar-refractivity contribution < 1.29 is 13.2 Å². The molecule has 8 heteroatoms. The van der Waals surface area contributed by atoms with Crippen LogP contribution < -0.4 is 5.32 Å². The number of nitrogens with one attached hydrogen (secondary N) is 2. The largest absolute Gasteiger partial charge is 0.351 e. The van der Waals surface area contributed by atoms with Gasteiger partial charge in [0.05, 0.1) is 17.5 Å². The summed E-state index contributed by atoms with van der Waals surface area (Å²) in [6.45, 7) is 0.0698. The Labute approximate surface area is 117 Å². The highest BCUT2D eigenvalue weighted by molar-refractivity contribution is 7.89. The van der Waals surface area contributed by atoms with E-state index in [0.29, 0.717) is 5.56 Å². The van der Waals surface area contributed by atoms with E-state index in [1.165, 1.54) is 14.1 Å². The molecular weight excluding hydrogens is 280 g/mol. The number of H-pyrrole nitrogens is 1. The molecule has 1 amide bonds. The molecule has 1 aromatic carbocycles. The van der Waals surface area contributed by atoms with Crippen LogP contribution in [0.25, 0.3) is 10.9 Å². The Kier molecular flexibility index (Phi) is 4.05. The first-order valence-electron chi connectivity index (χ1n) is 6.02. The molecule has 1 aromatic heterocycles. The zero-order valence-corrected chi connectivity index (χ0v) is 12.1. The lowest BCUT2D eigenvalue weighted by molar-refractivity contribution is 0.0956. The monoisotopic (exact) mass is 296 g/mol. The molecule has 0 fully saturated rings. The van der Waals surface area contributed by atoms with Crippen molar-refractivity contribution in [1.29, 1.82) is 0 Å². The van der Waals surface area contributed by atoms with Gasteiger partial charge in [0.15, 0.2) is 0 Å². The van der Waals surface area contributed by atoms with Crippen LogP contribution >= 0.6 is 0 Å². The van der Waals surface area contributed by atoms with Gasteiger partial charge in [-0.25, -0.2) is 12.7 Å². The molecule has 108 valence electrons. The van der Waals surface area contributed by atoms with Crippen molar-refractivity contribution in [2.24, 2.45) is 0 Å². The summed E-state index contributed by atoms with van der Waals surface area (Å²) in [6, 6.07) is 5.13. The lowest BCUT2D eigenvalue weighted by Crippen LogP contribution is -2.33. The highest BCUT2D eigenvalue weighted by Crippen LogP contribution is 2.12. The number of rotatable bonds is 5. The molecule has 7 nitrogen and oxygen atoms in total. The topological polar surface area (TPSA) is 95.2 Å². The first kappa shape index (κ1) is 14.5. The Morgan fingerprint density at radius 2 is 2.15 bits per heavy atom. The maximum Gasteiger partial charge on any atom is 0.251 e. The Morgan fingerprint density at radius 3 is 2.85 bits per heavy atom. The summed E-state index contributed by atoms with van der Waals surface area (Å²) in [5.41, 5.74) is 1.22. The number of benzene rings is 1. The smallest absolute Gasteiger partial charge is 0.251 e. The third-order valence-corrected chi connectivity index (χ3v) is 4.74. The van der Waals surface area contributed by atoms with E-state index in [-0.39, 0.29) is 18.2 Å². The summed E-state index contributed by atoms with van der Waals surface area (Å²) in [4.78, 5) is 11.9. The number of aromatic nitrogens is 2. The van der Waals surface area contributed by atoms with Gasteiger partial charge in [0, 0.05) is 31.6 Å². The Morgan fingerprint density at radius 1 is 1.40 bits per heavy atom. The van der Waals surface area contributed by atoms with Crippen LogP contribution in [0.4, 0.5) is 0 Å². The molecule has 0 aliphatic rings. The lowest BCUT2D eigenvalue weighted by Gasteiger charge is -2.11. The van der Waals surface area contributed by atoms with E-state index in [4.69, 9.17) is 0 Å². The molecule has 0 unspecified atom stereocenters. The minimum absolute atomic E-state index is 0.0698. The number of nitrogens with zero attached hydrogens (tertiary/aromatic N) is 2. The number of carbonyl (C=O) groups is 1. The van der Waals surface area contributed by atoms with Crippen molar-refractivity contribution in [2.75, 3.05) is 26.4 Å². The highest BCUT2D eigenvalue weighted by atomic mass is 32.2. The molecule has 0 atom stereocenters. The van der Waals surface area contributed by atoms with Gasteiger partial charge in [-0.05, 0) is 12.1 Å². The zero-order chi connectivity index (χ0) is 14.8. The van der Waals surface area contributed by atoms with Gasteiger partial charge in [-0.1, -0.05) is 6.07 Å². The van der Waals surface area contributed by atoms with Crippen LogP contribution in [-0.4, -0.2) is 55.2 Å². The van der Waals surface area contributed by atoms with E-state index >= 15 is 0 Å². The number of sulfonamides is 1. The summed E-state index contributed by atoms with van der Waals surface area (Å²) >= 11 is 0. The second-order valence-electron chi connectivity index (χ2n) is 4.53. The molecule has 1 heterocycles. The van der Waals surface area contributed by atoms with Gasteiger partial charge in [0.25, 0.3) is 5.91 Å². The van der Waals surface area contributed by atoms with E-state index in [1.807, 2.05) is 0 Å². The van der Waals surface area contributed by atoms with Crippen LogP contribution in [0.2, 0.25) is 0 Å². The number of carbonyl (C=O) groups excluding carboxylic acids is 1. The van der Waals surface area contributed by atoms with E-state index in [0.717, 1.165) is 15.2 Å². The predicted octanol–water partition coefficient (Wildman–Crippen LogP) is 0.184. The van der Waals surface area contributed by atoms with Gasteiger partial charge in [0.2, 0.25) is 10.0 Å². The van der Waals surface area contributed by atoms with Gasteiger partial charge in [-0.15, -0.1) is 0 Å². The molecule has 0 spiro atoms.